The van der Waals surface area contributed by atoms with Crippen LogP contribution in [0.5, 0.6) is 0 Å². The van der Waals surface area contributed by atoms with E-state index in [1.54, 1.807) is 0 Å². The van der Waals surface area contributed by atoms with Crippen molar-refractivity contribution in [3.63, 3.8) is 0 Å². The molecule has 2 N–H and O–H groups in total. The fourth-order valence-corrected chi connectivity index (χ4v) is 2.36. The molecule has 14 heavy (non-hydrogen) atoms. The molecule has 1 aliphatic rings. The lowest BCUT2D eigenvalue weighted by atomic mass is 9.92. The van der Waals surface area contributed by atoms with Crippen molar-refractivity contribution < 1.29 is 5.11 Å². The Balaban J connectivity index is 2.39. The van der Waals surface area contributed by atoms with Gasteiger partial charge in [-0.1, -0.05) is 20.3 Å². The average Bonchev–Trinajstić information content (AvgIpc) is 2.18. The molecule has 0 aromatic heterocycles. The van der Waals surface area contributed by atoms with Crippen LogP contribution in [0.4, 0.5) is 0 Å². The third-order valence-electron chi connectivity index (χ3n) is 3.10. The number of rotatable bonds is 5. The lowest BCUT2D eigenvalue weighted by Crippen LogP contribution is -2.49. The molecular formula is C11H24N2O. The number of aliphatic hydroxyl groups is 1. The maximum atomic E-state index is 8.93. The van der Waals surface area contributed by atoms with Crippen LogP contribution in [0.25, 0.3) is 0 Å². The molecule has 1 rings (SSSR count). The molecule has 2 unspecified atom stereocenters. The Kier molecular flexibility index (Phi) is 5.45. The minimum Gasteiger partial charge on any atom is -0.395 e. The third-order valence-corrected chi connectivity index (χ3v) is 3.10. The van der Waals surface area contributed by atoms with Crippen molar-refractivity contribution in [3.8, 4) is 0 Å². The summed E-state index contributed by atoms with van der Waals surface area (Å²) in [5.74, 6) is 0.805. The first-order chi connectivity index (χ1) is 6.80. The lowest BCUT2D eigenvalue weighted by Gasteiger charge is -2.37. The largest absolute Gasteiger partial charge is 0.395 e. The molecule has 0 aromatic carbocycles. The minimum atomic E-state index is 0.287. The van der Waals surface area contributed by atoms with Crippen LogP contribution in [0.2, 0.25) is 0 Å². The van der Waals surface area contributed by atoms with E-state index >= 15 is 0 Å². The standard InChI is InChI=1S/C11H24N2O/c1-3-10-7-11(12-4-2)9-13(8-10)5-6-14/h10-12,14H,3-9H2,1-2H3. The van der Waals surface area contributed by atoms with Gasteiger partial charge in [0.2, 0.25) is 0 Å². The molecule has 0 radical (unpaired) electrons. The van der Waals surface area contributed by atoms with E-state index in [1.165, 1.54) is 19.4 Å². The number of nitrogens with one attached hydrogen (secondary N) is 1. The van der Waals surface area contributed by atoms with Crippen molar-refractivity contribution in [1.29, 1.82) is 0 Å². The predicted molar refractivity (Wildman–Crippen MR) is 59.4 cm³/mol. The van der Waals surface area contributed by atoms with Gasteiger partial charge in [0.1, 0.15) is 0 Å². The van der Waals surface area contributed by atoms with Gasteiger partial charge in [-0.25, -0.2) is 0 Å². The Labute approximate surface area is 87.5 Å². The first-order valence-corrected chi connectivity index (χ1v) is 5.86. The van der Waals surface area contributed by atoms with E-state index in [-0.39, 0.29) is 6.61 Å². The molecule has 0 spiro atoms. The fourth-order valence-electron chi connectivity index (χ4n) is 2.36. The molecule has 0 bridgehead atoms. The maximum Gasteiger partial charge on any atom is 0.0558 e. The van der Waals surface area contributed by atoms with Gasteiger partial charge in [-0.3, -0.25) is 4.90 Å². The van der Waals surface area contributed by atoms with Gasteiger partial charge in [-0.2, -0.15) is 0 Å². The van der Waals surface area contributed by atoms with Crippen molar-refractivity contribution >= 4 is 0 Å². The monoisotopic (exact) mass is 200 g/mol. The second-order valence-electron chi connectivity index (χ2n) is 4.25. The van der Waals surface area contributed by atoms with Gasteiger partial charge in [0.05, 0.1) is 6.61 Å². The highest BCUT2D eigenvalue weighted by Crippen LogP contribution is 2.19. The van der Waals surface area contributed by atoms with Crippen LogP contribution >= 0.6 is 0 Å². The van der Waals surface area contributed by atoms with Crippen LogP contribution in [-0.2, 0) is 0 Å². The Morgan fingerprint density at radius 1 is 1.36 bits per heavy atom. The van der Waals surface area contributed by atoms with Crippen LogP contribution in [0, 0.1) is 5.92 Å². The van der Waals surface area contributed by atoms with E-state index in [0.29, 0.717) is 6.04 Å². The second-order valence-corrected chi connectivity index (χ2v) is 4.25. The van der Waals surface area contributed by atoms with Crippen molar-refractivity contribution in [1.82, 2.24) is 10.2 Å². The molecule has 84 valence electrons. The number of hydrogen-bond donors (Lipinski definition) is 2. The quantitative estimate of drug-likeness (QED) is 0.685. The maximum absolute atomic E-state index is 8.93. The minimum absolute atomic E-state index is 0.287. The summed E-state index contributed by atoms with van der Waals surface area (Å²) in [5.41, 5.74) is 0. The van der Waals surface area contributed by atoms with Gasteiger partial charge in [0.15, 0.2) is 0 Å². The molecule has 1 fully saturated rings. The van der Waals surface area contributed by atoms with Crippen LogP contribution in [0.15, 0.2) is 0 Å². The number of hydrogen-bond acceptors (Lipinski definition) is 3. The van der Waals surface area contributed by atoms with Gasteiger partial charge in [-0.05, 0) is 18.9 Å². The number of likely N-dealkylation sites (N-methyl/N-ethyl adjacent to an activating group) is 1. The van der Waals surface area contributed by atoms with Crippen molar-refractivity contribution in [2.24, 2.45) is 5.92 Å². The number of piperidine rings is 1. The highest BCUT2D eigenvalue weighted by molar-refractivity contribution is 4.82. The van der Waals surface area contributed by atoms with Crippen molar-refractivity contribution in [2.75, 3.05) is 32.8 Å². The highest BCUT2D eigenvalue weighted by Gasteiger charge is 2.24. The third kappa shape index (κ3) is 3.56. The zero-order valence-electron chi connectivity index (χ0n) is 9.50. The zero-order valence-corrected chi connectivity index (χ0v) is 9.50. The van der Waals surface area contributed by atoms with Gasteiger partial charge < -0.3 is 10.4 Å². The summed E-state index contributed by atoms with van der Waals surface area (Å²) in [6.45, 7) is 8.85. The Morgan fingerprint density at radius 2 is 2.14 bits per heavy atom. The molecule has 1 aliphatic heterocycles. The van der Waals surface area contributed by atoms with E-state index in [1.807, 2.05) is 0 Å². The number of β-amino-alcohol motifs (C(OH)–C–C–N with tert-alkyl or cyclic N) is 1. The summed E-state index contributed by atoms with van der Waals surface area (Å²) in [6.07, 6.45) is 2.55. The number of aliphatic hydroxyl groups excluding tert-OH is 1. The van der Waals surface area contributed by atoms with E-state index in [4.69, 9.17) is 5.11 Å². The van der Waals surface area contributed by atoms with E-state index < -0.39 is 0 Å². The average molecular weight is 200 g/mol. The molecule has 3 heteroatoms. The first kappa shape index (κ1) is 12.0. The zero-order chi connectivity index (χ0) is 10.4. The summed E-state index contributed by atoms with van der Waals surface area (Å²) < 4.78 is 0. The fraction of sp³-hybridized carbons (Fsp3) is 1.00. The molecule has 1 heterocycles. The topological polar surface area (TPSA) is 35.5 Å². The molecule has 0 amide bonds. The first-order valence-electron chi connectivity index (χ1n) is 5.86. The smallest absolute Gasteiger partial charge is 0.0558 e. The van der Waals surface area contributed by atoms with E-state index in [2.05, 4.69) is 24.1 Å². The van der Waals surface area contributed by atoms with Crippen molar-refractivity contribution in [2.45, 2.75) is 32.7 Å². The molecule has 0 aromatic rings. The van der Waals surface area contributed by atoms with Gasteiger partial charge in [0, 0.05) is 25.7 Å². The molecule has 0 aliphatic carbocycles. The lowest BCUT2D eigenvalue weighted by molar-refractivity contribution is 0.115. The van der Waals surface area contributed by atoms with Gasteiger partial charge >= 0.3 is 0 Å². The molecule has 0 saturated carbocycles. The van der Waals surface area contributed by atoms with E-state index in [0.717, 1.165) is 25.6 Å². The number of nitrogens with zero attached hydrogens (tertiary/aromatic N) is 1. The summed E-state index contributed by atoms with van der Waals surface area (Å²) >= 11 is 0. The Bertz CT molecular complexity index is 138. The summed E-state index contributed by atoms with van der Waals surface area (Å²) in [7, 11) is 0. The summed E-state index contributed by atoms with van der Waals surface area (Å²) in [4.78, 5) is 2.38. The van der Waals surface area contributed by atoms with Gasteiger partial charge in [0.25, 0.3) is 0 Å². The Hall–Kier alpha value is -0.120. The van der Waals surface area contributed by atoms with Gasteiger partial charge in [-0.15, -0.1) is 0 Å². The molecule has 2 atom stereocenters. The highest BCUT2D eigenvalue weighted by atomic mass is 16.3. The van der Waals surface area contributed by atoms with Crippen LogP contribution < -0.4 is 5.32 Å². The normalized spacial score (nSPS) is 29.4. The SMILES string of the molecule is CCNC1CC(CC)CN(CCO)C1. The van der Waals surface area contributed by atoms with Crippen LogP contribution in [-0.4, -0.2) is 48.8 Å². The molecule has 1 saturated heterocycles. The molecular weight excluding hydrogens is 176 g/mol. The molecule has 3 nitrogen and oxygen atoms in total. The number of likely N-dealkylation sites (tertiary alicyclic amines) is 1. The summed E-state index contributed by atoms with van der Waals surface area (Å²) in [6, 6.07) is 0.630. The predicted octanol–water partition coefficient (Wildman–Crippen LogP) is 0.689. The van der Waals surface area contributed by atoms with Crippen LogP contribution in [0.3, 0.4) is 0 Å². The second kappa shape index (κ2) is 6.38. The Morgan fingerprint density at radius 3 is 2.71 bits per heavy atom. The van der Waals surface area contributed by atoms with E-state index in [9.17, 15) is 0 Å². The van der Waals surface area contributed by atoms with Crippen molar-refractivity contribution in [3.05, 3.63) is 0 Å². The van der Waals surface area contributed by atoms with Crippen LogP contribution in [0.1, 0.15) is 26.7 Å². The summed E-state index contributed by atoms with van der Waals surface area (Å²) in [5, 5.41) is 12.4.